The normalized spacial score (nSPS) is 12.8. The summed E-state index contributed by atoms with van der Waals surface area (Å²) in [7, 11) is 0. The second kappa shape index (κ2) is 5.58. The van der Waals surface area contributed by atoms with Crippen LogP contribution in [-0.4, -0.2) is 9.55 Å². The molecule has 1 unspecified atom stereocenters. The summed E-state index contributed by atoms with van der Waals surface area (Å²) in [5, 5.41) is 9.14. The molecule has 3 nitrogen and oxygen atoms in total. The Balaban J connectivity index is 2.47. The molecular weight excluding hydrogens is 254 g/mol. The molecule has 4 heteroatoms. The van der Waals surface area contributed by atoms with E-state index in [0.717, 1.165) is 17.5 Å². The number of para-hydroxylation sites is 1. The zero-order chi connectivity index (χ0) is 14.0. The lowest BCUT2D eigenvalue weighted by atomic mass is 10.0. The maximum atomic E-state index is 9.14. The summed E-state index contributed by atoms with van der Waals surface area (Å²) in [6, 6.07) is 8.30. The van der Waals surface area contributed by atoms with Gasteiger partial charge in [-0.2, -0.15) is 5.26 Å². The second-order valence-corrected chi connectivity index (χ2v) is 5.82. The van der Waals surface area contributed by atoms with Crippen molar-refractivity contribution in [3.63, 3.8) is 0 Å². The fourth-order valence-corrected chi connectivity index (χ4v) is 2.76. The van der Waals surface area contributed by atoms with Crippen molar-refractivity contribution in [2.45, 2.75) is 39.7 Å². The summed E-state index contributed by atoms with van der Waals surface area (Å²) in [5.74, 6) is 0.691. The van der Waals surface area contributed by atoms with Crippen LogP contribution in [0.4, 0.5) is 0 Å². The van der Waals surface area contributed by atoms with Gasteiger partial charge in [-0.25, -0.2) is 0 Å². The van der Waals surface area contributed by atoms with Crippen molar-refractivity contribution in [1.29, 1.82) is 5.26 Å². The van der Waals surface area contributed by atoms with Crippen LogP contribution in [0.1, 0.15) is 45.2 Å². The van der Waals surface area contributed by atoms with Crippen molar-refractivity contribution in [3.8, 4) is 6.07 Å². The number of hydrogen-bond donors (Lipinski definition) is 1. The topological polar surface area (TPSA) is 44.5 Å². The quantitative estimate of drug-likeness (QED) is 0.829. The molecule has 0 radical (unpaired) electrons. The van der Waals surface area contributed by atoms with Crippen molar-refractivity contribution >= 4 is 23.3 Å². The van der Waals surface area contributed by atoms with E-state index < -0.39 is 0 Å². The Kier molecular flexibility index (Phi) is 4.06. The standard InChI is InChI=1S/C15H19N3S/c1-10(2)7-8-11(3)18-13-6-4-5-12(9-16)14(13)17-15(18)19/h4-6,10-11H,7-8H2,1-3H3,(H,17,19). The Morgan fingerprint density at radius 1 is 1.32 bits per heavy atom. The zero-order valence-electron chi connectivity index (χ0n) is 11.6. The number of fused-ring (bicyclic) bond motifs is 1. The maximum Gasteiger partial charge on any atom is 0.178 e. The molecular formula is C15H19N3S. The zero-order valence-corrected chi connectivity index (χ0v) is 12.4. The van der Waals surface area contributed by atoms with Crippen LogP contribution in [0.5, 0.6) is 0 Å². The molecule has 1 aromatic heterocycles. The first-order valence-corrected chi connectivity index (χ1v) is 7.08. The number of aromatic amines is 1. The second-order valence-electron chi connectivity index (χ2n) is 5.43. The number of H-pyrrole nitrogens is 1. The summed E-state index contributed by atoms with van der Waals surface area (Å²) in [5.41, 5.74) is 2.53. The summed E-state index contributed by atoms with van der Waals surface area (Å²) < 4.78 is 2.84. The molecule has 2 aromatic rings. The number of aromatic nitrogens is 2. The Morgan fingerprint density at radius 3 is 2.68 bits per heavy atom. The fraction of sp³-hybridized carbons (Fsp3) is 0.467. The Hall–Kier alpha value is -1.60. The van der Waals surface area contributed by atoms with Gasteiger partial charge in [-0.05, 0) is 50.0 Å². The molecule has 2 rings (SSSR count). The van der Waals surface area contributed by atoms with Gasteiger partial charge in [0.2, 0.25) is 0 Å². The van der Waals surface area contributed by atoms with E-state index in [1.807, 2.05) is 18.2 Å². The minimum absolute atomic E-state index is 0.345. The predicted octanol–water partition coefficient (Wildman–Crippen LogP) is 4.57. The van der Waals surface area contributed by atoms with Crippen molar-refractivity contribution in [2.75, 3.05) is 0 Å². The van der Waals surface area contributed by atoms with E-state index in [0.29, 0.717) is 22.3 Å². The lowest BCUT2D eigenvalue weighted by Gasteiger charge is -2.15. The molecule has 0 aliphatic heterocycles. The van der Waals surface area contributed by atoms with Crippen LogP contribution in [-0.2, 0) is 0 Å². The average molecular weight is 273 g/mol. The van der Waals surface area contributed by atoms with Gasteiger partial charge < -0.3 is 9.55 Å². The highest BCUT2D eigenvalue weighted by molar-refractivity contribution is 7.71. The maximum absolute atomic E-state index is 9.14. The van der Waals surface area contributed by atoms with Crippen LogP contribution < -0.4 is 0 Å². The van der Waals surface area contributed by atoms with Crippen molar-refractivity contribution in [2.24, 2.45) is 5.92 Å². The summed E-state index contributed by atoms with van der Waals surface area (Å²) in [6.45, 7) is 6.65. The molecule has 0 aliphatic rings. The molecule has 19 heavy (non-hydrogen) atoms. The highest BCUT2D eigenvalue weighted by Gasteiger charge is 2.13. The smallest absolute Gasteiger partial charge is 0.178 e. The number of nitriles is 1. The lowest BCUT2D eigenvalue weighted by Crippen LogP contribution is -2.06. The number of nitrogens with one attached hydrogen (secondary N) is 1. The van der Waals surface area contributed by atoms with Crippen LogP contribution in [0.15, 0.2) is 18.2 Å². The van der Waals surface area contributed by atoms with E-state index in [9.17, 15) is 0 Å². The molecule has 1 heterocycles. The SMILES string of the molecule is CC(C)CCC(C)n1c(=S)[nH]c2c(C#N)cccc21. The third kappa shape index (κ3) is 2.71. The van der Waals surface area contributed by atoms with E-state index in [-0.39, 0.29) is 0 Å². The molecule has 0 aliphatic carbocycles. The third-order valence-corrected chi connectivity index (χ3v) is 3.77. The largest absolute Gasteiger partial charge is 0.329 e. The van der Waals surface area contributed by atoms with Crippen molar-refractivity contribution in [1.82, 2.24) is 9.55 Å². The van der Waals surface area contributed by atoms with Gasteiger partial charge in [-0.1, -0.05) is 19.9 Å². The number of rotatable bonds is 4. The highest BCUT2D eigenvalue weighted by Crippen LogP contribution is 2.25. The van der Waals surface area contributed by atoms with Gasteiger partial charge in [-0.15, -0.1) is 0 Å². The van der Waals surface area contributed by atoms with Gasteiger partial charge in [-0.3, -0.25) is 0 Å². The summed E-state index contributed by atoms with van der Waals surface area (Å²) in [4.78, 5) is 3.17. The summed E-state index contributed by atoms with van der Waals surface area (Å²) >= 11 is 5.41. The Labute approximate surface area is 118 Å². The van der Waals surface area contributed by atoms with Crippen LogP contribution in [0, 0.1) is 22.0 Å². The third-order valence-electron chi connectivity index (χ3n) is 3.48. The lowest BCUT2D eigenvalue weighted by molar-refractivity contribution is 0.443. The van der Waals surface area contributed by atoms with Gasteiger partial charge in [0.15, 0.2) is 4.77 Å². The number of nitrogens with zero attached hydrogens (tertiary/aromatic N) is 2. The molecule has 0 fully saturated rings. The van der Waals surface area contributed by atoms with E-state index in [4.69, 9.17) is 17.5 Å². The van der Waals surface area contributed by atoms with Crippen molar-refractivity contribution in [3.05, 3.63) is 28.5 Å². The number of hydrogen-bond acceptors (Lipinski definition) is 2. The van der Waals surface area contributed by atoms with Gasteiger partial charge in [0.1, 0.15) is 6.07 Å². The first kappa shape index (κ1) is 13.8. The van der Waals surface area contributed by atoms with Gasteiger partial charge in [0.05, 0.1) is 16.6 Å². The fourth-order valence-electron chi connectivity index (χ4n) is 2.38. The molecule has 0 saturated carbocycles. The molecule has 0 amide bonds. The van der Waals surface area contributed by atoms with Gasteiger partial charge in [0, 0.05) is 6.04 Å². The van der Waals surface area contributed by atoms with Crippen LogP contribution in [0.25, 0.3) is 11.0 Å². The van der Waals surface area contributed by atoms with Crippen LogP contribution in [0.3, 0.4) is 0 Å². The van der Waals surface area contributed by atoms with Crippen molar-refractivity contribution < 1.29 is 0 Å². The van der Waals surface area contributed by atoms with Crippen LogP contribution >= 0.6 is 12.2 Å². The first-order valence-electron chi connectivity index (χ1n) is 6.68. The monoisotopic (exact) mass is 273 g/mol. The molecule has 1 atom stereocenters. The minimum atomic E-state index is 0.345. The summed E-state index contributed by atoms with van der Waals surface area (Å²) in [6.07, 6.45) is 2.27. The molecule has 100 valence electrons. The number of benzene rings is 1. The van der Waals surface area contributed by atoms with Gasteiger partial charge in [0.25, 0.3) is 0 Å². The Bertz CT molecular complexity index is 673. The predicted molar refractivity (Wildman–Crippen MR) is 80.6 cm³/mol. The van der Waals surface area contributed by atoms with E-state index >= 15 is 0 Å². The van der Waals surface area contributed by atoms with Gasteiger partial charge >= 0.3 is 0 Å². The average Bonchev–Trinajstić information content (AvgIpc) is 2.71. The first-order chi connectivity index (χ1) is 9.04. The highest BCUT2D eigenvalue weighted by atomic mass is 32.1. The van der Waals surface area contributed by atoms with E-state index in [1.165, 1.54) is 6.42 Å². The molecule has 1 aromatic carbocycles. The minimum Gasteiger partial charge on any atom is -0.329 e. The van der Waals surface area contributed by atoms with E-state index in [2.05, 4.69) is 36.4 Å². The molecule has 1 N–H and O–H groups in total. The van der Waals surface area contributed by atoms with E-state index in [1.54, 1.807) is 0 Å². The molecule has 0 saturated heterocycles. The molecule has 0 spiro atoms. The van der Waals surface area contributed by atoms with Crippen LogP contribution in [0.2, 0.25) is 0 Å². The Morgan fingerprint density at radius 2 is 2.05 bits per heavy atom. The molecule has 0 bridgehead atoms. The number of imidazole rings is 1.